The summed E-state index contributed by atoms with van der Waals surface area (Å²) in [4.78, 5) is 2.41. The molecule has 0 spiro atoms. The van der Waals surface area contributed by atoms with Crippen molar-refractivity contribution < 1.29 is 0 Å². The Morgan fingerprint density at radius 2 is 2.06 bits per heavy atom. The Balaban J connectivity index is 2.30. The fourth-order valence-electron chi connectivity index (χ4n) is 1.79. The standard InChI is InChI=1S/C10H22N6/c1-4-15(5-2)8-6-7-9(3)16-10(11)12-13-14-16/h9H,4-8H2,1-3H3,(H2,11,12,14). The van der Waals surface area contributed by atoms with Crippen LogP contribution in [0.4, 0.5) is 5.95 Å². The molecule has 2 N–H and O–H groups in total. The van der Waals surface area contributed by atoms with Crippen molar-refractivity contribution in [3.63, 3.8) is 0 Å². The van der Waals surface area contributed by atoms with Gasteiger partial charge in [-0.25, -0.2) is 4.68 Å². The molecule has 1 atom stereocenters. The van der Waals surface area contributed by atoms with Gasteiger partial charge in [0.15, 0.2) is 0 Å². The fourth-order valence-corrected chi connectivity index (χ4v) is 1.79. The lowest BCUT2D eigenvalue weighted by Crippen LogP contribution is -2.24. The highest BCUT2D eigenvalue weighted by Gasteiger charge is 2.10. The second-order valence-electron chi connectivity index (χ2n) is 4.00. The summed E-state index contributed by atoms with van der Waals surface area (Å²) < 4.78 is 1.68. The molecule has 16 heavy (non-hydrogen) atoms. The predicted molar refractivity (Wildman–Crippen MR) is 64.0 cm³/mol. The normalized spacial score (nSPS) is 13.2. The Labute approximate surface area is 96.8 Å². The maximum absolute atomic E-state index is 5.64. The van der Waals surface area contributed by atoms with Gasteiger partial charge in [-0.2, -0.15) is 0 Å². The van der Waals surface area contributed by atoms with Gasteiger partial charge >= 0.3 is 0 Å². The van der Waals surface area contributed by atoms with E-state index in [2.05, 4.69) is 41.2 Å². The number of aromatic nitrogens is 4. The first kappa shape index (κ1) is 12.9. The number of nitrogens with two attached hydrogens (primary N) is 1. The molecule has 1 aromatic rings. The molecule has 92 valence electrons. The van der Waals surface area contributed by atoms with E-state index in [-0.39, 0.29) is 6.04 Å². The van der Waals surface area contributed by atoms with E-state index in [1.165, 1.54) is 0 Å². The lowest BCUT2D eigenvalue weighted by Gasteiger charge is -2.19. The first-order chi connectivity index (χ1) is 7.69. The van der Waals surface area contributed by atoms with Gasteiger partial charge in [0.1, 0.15) is 0 Å². The van der Waals surface area contributed by atoms with Crippen LogP contribution in [0.2, 0.25) is 0 Å². The summed E-state index contributed by atoms with van der Waals surface area (Å²) in [5.41, 5.74) is 5.64. The third-order valence-corrected chi connectivity index (χ3v) is 2.93. The SMILES string of the molecule is CCN(CC)CCCC(C)n1nnnc1N. The van der Waals surface area contributed by atoms with Crippen molar-refractivity contribution in [3.05, 3.63) is 0 Å². The van der Waals surface area contributed by atoms with E-state index in [1.54, 1.807) is 4.68 Å². The number of nitrogens with zero attached hydrogens (tertiary/aromatic N) is 5. The molecular weight excluding hydrogens is 204 g/mol. The summed E-state index contributed by atoms with van der Waals surface area (Å²) in [6.07, 6.45) is 2.19. The van der Waals surface area contributed by atoms with Crippen molar-refractivity contribution in [1.82, 2.24) is 25.1 Å². The molecule has 1 unspecified atom stereocenters. The minimum Gasteiger partial charge on any atom is -0.367 e. The highest BCUT2D eigenvalue weighted by molar-refractivity contribution is 5.10. The molecule has 0 fully saturated rings. The minimum absolute atomic E-state index is 0.269. The molecule has 1 rings (SSSR count). The third kappa shape index (κ3) is 3.44. The zero-order chi connectivity index (χ0) is 12.0. The van der Waals surface area contributed by atoms with Crippen molar-refractivity contribution in [2.24, 2.45) is 0 Å². The lowest BCUT2D eigenvalue weighted by atomic mass is 10.2. The monoisotopic (exact) mass is 226 g/mol. The van der Waals surface area contributed by atoms with E-state index in [0.717, 1.165) is 32.5 Å². The Morgan fingerprint density at radius 1 is 1.38 bits per heavy atom. The van der Waals surface area contributed by atoms with Gasteiger partial charge in [0.2, 0.25) is 5.95 Å². The van der Waals surface area contributed by atoms with E-state index in [0.29, 0.717) is 5.95 Å². The number of tetrazole rings is 1. The Hall–Kier alpha value is -1.17. The number of nitrogen functional groups attached to an aromatic ring is 1. The zero-order valence-corrected chi connectivity index (χ0v) is 10.4. The summed E-state index contributed by atoms with van der Waals surface area (Å²) in [6.45, 7) is 9.81. The molecule has 6 nitrogen and oxygen atoms in total. The number of hydrogen-bond acceptors (Lipinski definition) is 5. The van der Waals surface area contributed by atoms with Gasteiger partial charge in [0.25, 0.3) is 0 Å². The zero-order valence-electron chi connectivity index (χ0n) is 10.4. The van der Waals surface area contributed by atoms with Gasteiger partial charge in [-0.15, -0.1) is 0 Å². The molecule has 0 amide bonds. The molecule has 0 aliphatic carbocycles. The molecule has 0 aromatic carbocycles. The van der Waals surface area contributed by atoms with E-state index >= 15 is 0 Å². The van der Waals surface area contributed by atoms with Crippen LogP contribution in [0.5, 0.6) is 0 Å². The van der Waals surface area contributed by atoms with E-state index in [1.807, 2.05) is 0 Å². The van der Waals surface area contributed by atoms with Crippen LogP contribution in [-0.2, 0) is 0 Å². The maximum atomic E-state index is 5.64. The Bertz CT molecular complexity index is 293. The fraction of sp³-hybridized carbons (Fsp3) is 0.900. The van der Waals surface area contributed by atoms with Crippen molar-refractivity contribution in [2.75, 3.05) is 25.4 Å². The van der Waals surface area contributed by atoms with Crippen LogP contribution in [0.15, 0.2) is 0 Å². The summed E-state index contributed by atoms with van der Waals surface area (Å²) in [6, 6.07) is 0.269. The molecule has 0 aliphatic heterocycles. The lowest BCUT2D eigenvalue weighted by molar-refractivity contribution is 0.286. The largest absolute Gasteiger partial charge is 0.367 e. The van der Waals surface area contributed by atoms with Crippen LogP contribution in [0.25, 0.3) is 0 Å². The van der Waals surface area contributed by atoms with Crippen LogP contribution in [0, 0.1) is 0 Å². The van der Waals surface area contributed by atoms with Gasteiger partial charge in [-0.05, 0) is 49.8 Å². The van der Waals surface area contributed by atoms with Crippen molar-refractivity contribution in [1.29, 1.82) is 0 Å². The van der Waals surface area contributed by atoms with Gasteiger partial charge < -0.3 is 10.6 Å². The van der Waals surface area contributed by atoms with Gasteiger partial charge in [0.05, 0.1) is 6.04 Å². The molecule has 0 saturated carbocycles. The summed E-state index contributed by atoms with van der Waals surface area (Å²) in [5.74, 6) is 0.398. The topological polar surface area (TPSA) is 72.9 Å². The van der Waals surface area contributed by atoms with Crippen LogP contribution in [-0.4, -0.2) is 44.7 Å². The van der Waals surface area contributed by atoms with Crippen molar-refractivity contribution in [3.8, 4) is 0 Å². The van der Waals surface area contributed by atoms with Crippen molar-refractivity contribution in [2.45, 2.75) is 39.7 Å². The second kappa shape index (κ2) is 6.42. The van der Waals surface area contributed by atoms with Crippen LogP contribution < -0.4 is 5.73 Å². The molecule has 1 aromatic heterocycles. The molecule has 0 radical (unpaired) electrons. The van der Waals surface area contributed by atoms with Gasteiger partial charge in [-0.3, -0.25) is 0 Å². The molecule has 6 heteroatoms. The maximum Gasteiger partial charge on any atom is 0.240 e. The van der Waals surface area contributed by atoms with Crippen LogP contribution in [0.3, 0.4) is 0 Å². The highest BCUT2D eigenvalue weighted by Crippen LogP contribution is 2.13. The molecule has 0 saturated heterocycles. The first-order valence-electron chi connectivity index (χ1n) is 5.94. The quantitative estimate of drug-likeness (QED) is 0.749. The van der Waals surface area contributed by atoms with Crippen molar-refractivity contribution >= 4 is 5.95 Å². The molecule has 0 bridgehead atoms. The number of rotatable bonds is 7. The summed E-state index contributed by atoms with van der Waals surface area (Å²) in [5, 5.41) is 11.1. The number of hydrogen-bond donors (Lipinski definition) is 1. The average molecular weight is 226 g/mol. The van der Waals surface area contributed by atoms with E-state index < -0.39 is 0 Å². The summed E-state index contributed by atoms with van der Waals surface area (Å²) in [7, 11) is 0. The van der Waals surface area contributed by atoms with Gasteiger partial charge in [-0.1, -0.05) is 18.9 Å². The molecule has 0 aliphatic rings. The highest BCUT2D eigenvalue weighted by atomic mass is 15.6. The van der Waals surface area contributed by atoms with E-state index in [4.69, 9.17) is 5.73 Å². The first-order valence-corrected chi connectivity index (χ1v) is 5.94. The predicted octanol–water partition coefficient (Wildman–Crippen LogP) is 0.938. The third-order valence-electron chi connectivity index (χ3n) is 2.93. The Kier molecular flexibility index (Phi) is 5.18. The molecular formula is C10H22N6. The Morgan fingerprint density at radius 3 is 2.56 bits per heavy atom. The second-order valence-corrected chi connectivity index (χ2v) is 4.00. The van der Waals surface area contributed by atoms with Gasteiger partial charge in [0, 0.05) is 0 Å². The average Bonchev–Trinajstić information content (AvgIpc) is 2.70. The minimum atomic E-state index is 0.269. The van der Waals surface area contributed by atoms with E-state index in [9.17, 15) is 0 Å². The summed E-state index contributed by atoms with van der Waals surface area (Å²) >= 11 is 0. The van der Waals surface area contributed by atoms with Crippen LogP contribution in [0.1, 0.15) is 39.7 Å². The smallest absolute Gasteiger partial charge is 0.240 e. The molecule has 1 heterocycles. The van der Waals surface area contributed by atoms with Crippen LogP contribution >= 0.6 is 0 Å². The number of anilines is 1.